The van der Waals surface area contributed by atoms with Gasteiger partial charge in [-0.1, -0.05) is 12.1 Å². The van der Waals surface area contributed by atoms with Crippen LogP contribution >= 0.6 is 27.7 Å². The van der Waals surface area contributed by atoms with Crippen LogP contribution in [0.25, 0.3) is 0 Å². The van der Waals surface area contributed by atoms with Gasteiger partial charge in [-0.05, 0) is 40.4 Å². The molecule has 0 unspecified atom stereocenters. The number of nitrogens with zero attached hydrogens (tertiary/aromatic N) is 1. The number of nitrogens with one attached hydrogen (secondary N) is 1. The summed E-state index contributed by atoms with van der Waals surface area (Å²) in [6.07, 6.45) is 5.65. The Morgan fingerprint density at radius 3 is 2.81 bits per heavy atom. The van der Waals surface area contributed by atoms with E-state index in [1.165, 1.54) is 4.90 Å². The topological polar surface area (TPSA) is 24.9 Å². The minimum absolute atomic E-state index is 0.971. The van der Waals surface area contributed by atoms with Crippen LogP contribution in [0.1, 0.15) is 0 Å². The van der Waals surface area contributed by atoms with Gasteiger partial charge in [-0.15, -0.1) is 11.8 Å². The maximum absolute atomic E-state index is 4.12. The van der Waals surface area contributed by atoms with Gasteiger partial charge in [-0.25, -0.2) is 0 Å². The number of benzene rings is 1. The maximum atomic E-state index is 4.12. The first-order valence-corrected chi connectivity index (χ1v) is 6.82. The lowest BCUT2D eigenvalue weighted by Gasteiger charge is -2.09. The molecule has 1 aromatic heterocycles. The van der Waals surface area contributed by atoms with Crippen LogP contribution in [0.5, 0.6) is 0 Å². The maximum Gasteiger partial charge on any atom is 0.0582 e. The lowest BCUT2D eigenvalue weighted by molar-refractivity contribution is 1.29. The molecule has 82 valence electrons. The Morgan fingerprint density at radius 1 is 1.25 bits per heavy atom. The van der Waals surface area contributed by atoms with E-state index in [-0.39, 0.29) is 0 Å². The van der Waals surface area contributed by atoms with Crippen LogP contribution in [-0.4, -0.2) is 11.2 Å². The van der Waals surface area contributed by atoms with Gasteiger partial charge in [0.05, 0.1) is 17.6 Å². The standard InChI is InChI=1S/C12H11BrN2S/c1-16-12-5-3-2-4-11(12)15-10-6-9(13)7-14-8-10/h2-8,15H,1H3. The first kappa shape index (κ1) is 11.5. The van der Waals surface area contributed by atoms with E-state index < -0.39 is 0 Å². The Hall–Kier alpha value is -1.00. The number of aromatic nitrogens is 1. The summed E-state index contributed by atoms with van der Waals surface area (Å²) in [5.41, 5.74) is 2.09. The molecule has 16 heavy (non-hydrogen) atoms. The Kier molecular flexibility index (Phi) is 3.85. The van der Waals surface area contributed by atoms with Gasteiger partial charge in [0, 0.05) is 15.6 Å². The number of halogens is 1. The molecule has 0 aliphatic rings. The summed E-state index contributed by atoms with van der Waals surface area (Å²) >= 11 is 5.13. The van der Waals surface area contributed by atoms with Crippen LogP contribution in [-0.2, 0) is 0 Å². The summed E-state index contributed by atoms with van der Waals surface area (Å²) < 4.78 is 0.971. The molecule has 2 aromatic rings. The molecule has 1 aromatic carbocycles. The molecular formula is C12H11BrN2S. The minimum Gasteiger partial charge on any atom is -0.353 e. The van der Waals surface area contributed by atoms with E-state index >= 15 is 0 Å². The lowest BCUT2D eigenvalue weighted by atomic mass is 10.3. The molecule has 2 nitrogen and oxygen atoms in total. The molecule has 0 aliphatic heterocycles. The highest BCUT2D eigenvalue weighted by atomic mass is 79.9. The first-order chi connectivity index (χ1) is 7.79. The number of rotatable bonds is 3. The monoisotopic (exact) mass is 294 g/mol. The van der Waals surface area contributed by atoms with Crippen molar-refractivity contribution in [1.82, 2.24) is 4.98 Å². The molecule has 1 N–H and O–H groups in total. The van der Waals surface area contributed by atoms with E-state index in [1.807, 2.05) is 24.4 Å². The SMILES string of the molecule is CSc1ccccc1Nc1cncc(Br)c1. The van der Waals surface area contributed by atoms with Gasteiger partial charge in [-0.2, -0.15) is 0 Å². The molecule has 0 bridgehead atoms. The molecule has 0 spiro atoms. The van der Waals surface area contributed by atoms with E-state index in [0.717, 1.165) is 15.8 Å². The molecule has 0 atom stereocenters. The summed E-state index contributed by atoms with van der Waals surface area (Å²) in [4.78, 5) is 5.34. The third kappa shape index (κ3) is 2.77. The minimum atomic E-state index is 0.971. The number of hydrogen-bond acceptors (Lipinski definition) is 3. The van der Waals surface area contributed by atoms with Gasteiger partial charge >= 0.3 is 0 Å². The fourth-order valence-corrected chi connectivity index (χ4v) is 2.30. The predicted octanol–water partition coefficient (Wildman–Crippen LogP) is 4.31. The van der Waals surface area contributed by atoms with E-state index in [2.05, 4.69) is 44.6 Å². The molecule has 0 saturated carbocycles. The van der Waals surface area contributed by atoms with Crippen molar-refractivity contribution in [3.63, 3.8) is 0 Å². The van der Waals surface area contributed by atoms with Gasteiger partial charge in [-0.3, -0.25) is 4.98 Å². The summed E-state index contributed by atoms with van der Waals surface area (Å²) in [7, 11) is 0. The van der Waals surface area contributed by atoms with Crippen molar-refractivity contribution in [1.29, 1.82) is 0 Å². The zero-order valence-corrected chi connectivity index (χ0v) is 11.2. The largest absolute Gasteiger partial charge is 0.353 e. The van der Waals surface area contributed by atoms with Crippen molar-refractivity contribution in [2.75, 3.05) is 11.6 Å². The Morgan fingerprint density at radius 2 is 2.06 bits per heavy atom. The smallest absolute Gasteiger partial charge is 0.0582 e. The second kappa shape index (κ2) is 5.37. The molecule has 0 aliphatic carbocycles. The van der Waals surface area contributed by atoms with Crippen molar-refractivity contribution in [2.45, 2.75) is 4.90 Å². The number of thioether (sulfide) groups is 1. The van der Waals surface area contributed by atoms with Gasteiger partial charge < -0.3 is 5.32 Å². The molecule has 4 heteroatoms. The predicted molar refractivity (Wildman–Crippen MR) is 73.4 cm³/mol. The van der Waals surface area contributed by atoms with Crippen LogP contribution in [0.15, 0.2) is 52.1 Å². The van der Waals surface area contributed by atoms with Crippen LogP contribution in [0.3, 0.4) is 0 Å². The third-order valence-electron chi connectivity index (χ3n) is 2.09. The Bertz CT molecular complexity index is 488. The summed E-state index contributed by atoms with van der Waals surface area (Å²) in [6, 6.07) is 10.2. The molecule has 2 rings (SSSR count). The molecule has 1 heterocycles. The zero-order chi connectivity index (χ0) is 11.4. The van der Waals surface area contributed by atoms with Crippen LogP contribution in [0.4, 0.5) is 11.4 Å². The summed E-state index contributed by atoms with van der Waals surface area (Å²) in [6.45, 7) is 0. The highest BCUT2D eigenvalue weighted by Gasteiger charge is 2.01. The first-order valence-electron chi connectivity index (χ1n) is 4.80. The molecular weight excluding hydrogens is 284 g/mol. The van der Waals surface area contributed by atoms with E-state index in [0.29, 0.717) is 0 Å². The van der Waals surface area contributed by atoms with E-state index in [9.17, 15) is 0 Å². The van der Waals surface area contributed by atoms with Crippen LogP contribution in [0, 0.1) is 0 Å². The second-order valence-electron chi connectivity index (χ2n) is 3.22. The Balaban J connectivity index is 2.26. The third-order valence-corrected chi connectivity index (χ3v) is 3.32. The summed E-state index contributed by atoms with van der Waals surface area (Å²) in [5.74, 6) is 0. The zero-order valence-electron chi connectivity index (χ0n) is 8.77. The van der Waals surface area contributed by atoms with E-state index in [1.54, 1.807) is 18.0 Å². The van der Waals surface area contributed by atoms with Crippen molar-refractivity contribution in [3.05, 3.63) is 47.2 Å². The van der Waals surface area contributed by atoms with Crippen molar-refractivity contribution in [2.24, 2.45) is 0 Å². The van der Waals surface area contributed by atoms with Crippen molar-refractivity contribution < 1.29 is 0 Å². The van der Waals surface area contributed by atoms with Crippen molar-refractivity contribution in [3.8, 4) is 0 Å². The highest BCUT2D eigenvalue weighted by Crippen LogP contribution is 2.28. The number of anilines is 2. The summed E-state index contributed by atoms with van der Waals surface area (Å²) in [5, 5.41) is 3.35. The fraction of sp³-hybridized carbons (Fsp3) is 0.0833. The molecule has 0 fully saturated rings. The van der Waals surface area contributed by atoms with Gasteiger partial charge in [0.1, 0.15) is 0 Å². The van der Waals surface area contributed by atoms with Crippen LogP contribution < -0.4 is 5.32 Å². The number of para-hydroxylation sites is 1. The van der Waals surface area contributed by atoms with Gasteiger partial charge in [0.15, 0.2) is 0 Å². The number of hydrogen-bond donors (Lipinski definition) is 1. The molecule has 0 amide bonds. The highest BCUT2D eigenvalue weighted by molar-refractivity contribution is 9.10. The average molecular weight is 295 g/mol. The number of pyridine rings is 1. The average Bonchev–Trinajstić information content (AvgIpc) is 2.30. The van der Waals surface area contributed by atoms with Crippen LogP contribution in [0.2, 0.25) is 0 Å². The lowest BCUT2D eigenvalue weighted by Crippen LogP contribution is -1.92. The van der Waals surface area contributed by atoms with E-state index in [4.69, 9.17) is 0 Å². The quantitative estimate of drug-likeness (QED) is 0.854. The fourth-order valence-electron chi connectivity index (χ4n) is 1.38. The normalized spacial score (nSPS) is 10.1. The Labute approximate surface area is 108 Å². The van der Waals surface area contributed by atoms with Gasteiger partial charge in [0.2, 0.25) is 0 Å². The molecule has 0 saturated heterocycles. The van der Waals surface area contributed by atoms with Crippen molar-refractivity contribution >= 4 is 39.1 Å². The second-order valence-corrected chi connectivity index (χ2v) is 4.98. The molecule has 0 radical (unpaired) electrons. The van der Waals surface area contributed by atoms with Gasteiger partial charge in [0.25, 0.3) is 0 Å².